The van der Waals surface area contributed by atoms with Gasteiger partial charge in [-0.2, -0.15) is 0 Å². The van der Waals surface area contributed by atoms with Gasteiger partial charge < -0.3 is 10.2 Å². The molecule has 1 amide bonds. The summed E-state index contributed by atoms with van der Waals surface area (Å²) in [5.41, 5.74) is 2.42. The van der Waals surface area contributed by atoms with Crippen molar-refractivity contribution in [3.05, 3.63) is 53.9 Å². The number of carbonyl (C=O) groups excluding carboxylic acids is 1. The predicted octanol–water partition coefficient (Wildman–Crippen LogP) is 2.94. The molecule has 2 heterocycles. The van der Waals surface area contributed by atoms with Crippen LogP contribution in [0.4, 0.5) is 0 Å². The first-order valence-corrected chi connectivity index (χ1v) is 13.5. The number of hydrogen-bond donors (Lipinski definition) is 1. The monoisotopic (exact) mass is 395 g/mol. The summed E-state index contributed by atoms with van der Waals surface area (Å²) in [6, 6.07) is 10.7. The molecule has 2 aromatic rings. The van der Waals surface area contributed by atoms with Crippen molar-refractivity contribution in [2.75, 3.05) is 19.6 Å². The quantitative estimate of drug-likeness (QED) is 0.552. The van der Waals surface area contributed by atoms with E-state index in [2.05, 4.69) is 72.5 Å². The summed E-state index contributed by atoms with van der Waals surface area (Å²) in [4.78, 5) is 19.5. The normalized spacial score (nSPS) is 17.1. The van der Waals surface area contributed by atoms with Crippen LogP contribution >= 0.6 is 0 Å². The standard InChI is InChI=1S/C23H33N3OSi/c1-5-26(6-2)16-10-9-13-22(27)25-23-18-11-7-8-12-20(18)28(3,4)21-14-15-24-17-19(21)23/h7-8,11-12,14-15,17,23H,5-6,9-10,13,16H2,1-4H3,(H,25,27). The lowest BCUT2D eigenvalue weighted by Gasteiger charge is -2.38. The first kappa shape index (κ1) is 20.7. The Morgan fingerprint density at radius 2 is 1.79 bits per heavy atom. The highest BCUT2D eigenvalue weighted by molar-refractivity contribution is 7.01. The molecule has 0 saturated carbocycles. The number of unbranched alkanes of at least 4 members (excludes halogenated alkanes) is 1. The first-order valence-electron chi connectivity index (χ1n) is 10.5. The van der Waals surface area contributed by atoms with Gasteiger partial charge in [0.25, 0.3) is 0 Å². The number of pyridine rings is 1. The number of hydrogen-bond acceptors (Lipinski definition) is 3. The van der Waals surface area contributed by atoms with Gasteiger partial charge in [0, 0.05) is 18.8 Å². The van der Waals surface area contributed by atoms with Gasteiger partial charge in [-0.3, -0.25) is 9.78 Å². The molecule has 1 aliphatic rings. The summed E-state index contributed by atoms with van der Waals surface area (Å²) in [5, 5.41) is 6.11. The van der Waals surface area contributed by atoms with Gasteiger partial charge >= 0.3 is 0 Å². The second kappa shape index (κ2) is 9.01. The lowest BCUT2D eigenvalue weighted by Crippen LogP contribution is -2.60. The summed E-state index contributed by atoms with van der Waals surface area (Å²) in [7, 11) is -1.77. The van der Waals surface area contributed by atoms with E-state index in [1.165, 1.54) is 21.5 Å². The van der Waals surface area contributed by atoms with Gasteiger partial charge in [0.1, 0.15) is 8.07 Å². The van der Waals surface area contributed by atoms with Crippen LogP contribution in [0, 0.1) is 0 Å². The second-order valence-electron chi connectivity index (χ2n) is 8.16. The van der Waals surface area contributed by atoms with Crippen LogP contribution in [0.15, 0.2) is 42.7 Å². The van der Waals surface area contributed by atoms with Gasteiger partial charge in [0.2, 0.25) is 5.91 Å². The number of nitrogens with zero attached hydrogens (tertiary/aromatic N) is 2. The molecule has 0 bridgehead atoms. The summed E-state index contributed by atoms with van der Waals surface area (Å²) >= 11 is 0. The number of fused-ring (bicyclic) bond motifs is 2. The van der Waals surface area contributed by atoms with Crippen LogP contribution in [0.1, 0.15) is 50.3 Å². The fraction of sp³-hybridized carbons (Fsp3) is 0.478. The number of nitrogens with one attached hydrogen (secondary N) is 1. The van der Waals surface area contributed by atoms with Crippen LogP contribution in [-0.2, 0) is 4.79 Å². The smallest absolute Gasteiger partial charge is 0.220 e. The highest BCUT2D eigenvalue weighted by atomic mass is 28.3. The van der Waals surface area contributed by atoms with Gasteiger partial charge in [-0.1, -0.05) is 51.2 Å². The van der Waals surface area contributed by atoms with Crippen molar-refractivity contribution in [3.8, 4) is 0 Å². The van der Waals surface area contributed by atoms with E-state index >= 15 is 0 Å². The van der Waals surface area contributed by atoms with E-state index in [0.717, 1.165) is 32.5 Å². The molecule has 1 unspecified atom stereocenters. The van der Waals surface area contributed by atoms with Crippen LogP contribution in [0.5, 0.6) is 0 Å². The number of benzene rings is 1. The van der Waals surface area contributed by atoms with Crippen LogP contribution in [0.25, 0.3) is 0 Å². The van der Waals surface area contributed by atoms with Crippen molar-refractivity contribution in [1.82, 2.24) is 15.2 Å². The predicted molar refractivity (Wildman–Crippen MR) is 119 cm³/mol. The molecular formula is C23H33N3OSi. The number of carbonyl (C=O) groups is 1. The molecule has 1 aromatic carbocycles. The maximum atomic E-state index is 12.7. The molecule has 1 aliphatic heterocycles. The third kappa shape index (κ3) is 4.20. The molecule has 0 radical (unpaired) electrons. The Morgan fingerprint density at radius 3 is 2.54 bits per heavy atom. The maximum Gasteiger partial charge on any atom is 0.220 e. The Kier molecular flexibility index (Phi) is 6.68. The average molecular weight is 396 g/mol. The Morgan fingerprint density at radius 1 is 1.07 bits per heavy atom. The van der Waals surface area contributed by atoms with Gasteiger partial charge in [0.15, 0.2) is 0 Å². The second-order valence-corrected chi connectivity index (χ2v) is 12.5. The minimum atomic E-state index is -1.77. The zero-order valence-corrected chi connectivity index (χ0v) is 18.7. The number of aromatic nitrogens is 1. The van der Waals surface area contributed by atoms with Gasteiger partial charge in [0.05, 0.1) is 6.04 Å². The maximum absolute atomic E-state index is 12.7. The van der Waals surface area contributed by atoms with E-state index in [1.807, 2.05) is 12.4 Å². The molecule has 0 spiro atoms. The molecule has 1 atom stereocenters. The molecule has 150 valence electrons. The zero-order chi connectivity index (χ0) is 20.1. The van der Waals surface area contributed by atoms with E-state index in [1.54, 1.807) is 0 Å². The molecule has 0 saturated heterocycles. The molecule has 3 rings (SSSR count). The SMILES string of the molecule is CCN(CC)CCCCC(=O)NC1c2ccccc2[Si](C)(C)c2ccncc21. The number of rotatable bonds is 8. The molecule has 28 heavy (non-hydrogen) atoms. The lowest BCUT2D eigenvalue weighted by atomic mass is 9.98. The van der Waals surface area contributed by atoms with E-state index < -0.39 is 8.07 Å². The highest BCUT2D eigenvalue weighted by Crippen LogP contribution is 2.28. The van der Waals surface area contributed by atoms with Gasteiger partial charge in [-0.25, -0.2) is 0 Å². The van der Waals surface area contributed by atoms with Gasteiger partial charge in [-0.15, -0.1) is 0 Å². The third-order valence-corrected chi connectivity index (χ3v) is 9.71. The van der Waals surface area contributed by atoms with Crippen LogP contribution in [-0.4, -0.2) is 43.5 Å². The molecule has 4 nitrogen and oxygen atoms in total. The highest BCUT2D eigenvalue weighted by Gasteiger charge is 2.39. The molecular weight excluding hydrogens is 362 g/mol. The minimum Gasteiger partial charge on any atom is -0.345 e. The van der Waals surface area contributed by atoms with Gasteiger partial charge in [-0.05, 0) is 60.0 Å². The minimum absolute atomic E-state index is 0.0873. The van der Waals surface area contributed by atoms with Crippen molar-refractivity contribution in [2.45, 2.75) is 52.2 Å². The summed E-state index contributed by atoms with van der Waals surface area (Å²) in [6.45, 7) is 12.4. The van der Waals surface area contributed by atoms with Crippen LogP contribution < -0.4 is 15.7 Å². The van der Waals surface area contributed by atoms with Crippen molar-refractivity contribution in [1.29, 1.82) is 0 Å². The fourth-order valence-corrected chi connectivity index (χ4v) is 7.56. The fourth-order valence-electron chi connectivity index (χ4n) is 4.39. The first-order chi connectivity index (χ1) is 13.5. The Balaban J connectivity index is 1.73. The van der Waals surface area contributed by atoms with Crippen molar-refractivity contribution >= 4 is 24.4 Å². The van der Waals surface area contributed by atoms with E-state index in [0.29, 0.717) is 6.42 Å². The molecule has 1 N–H and O–H groups in total. The van der Waals surface area contributed by atoms with Crippen LogP contribution in [0.3, 0.4) is 0 Å². The van der Waals surface area contributed by atoms with E-state index in [4.69, 9.17) is 0 Å². The third-order valence-electron chi connectivity index (χ3n) is 6.11. The molecule has 0 fully saturated rings. The lowest BCUT2D eigenvalue weighted by molar-refractivity contribution is -0.121. The summed E-state index contributed by atoms with van der Waals surface area (Å²) in [6.07, 6.45) is 6.40. The average Bonchev–Trinajstić information content (AvgIpc) is 2.71. The van der Waals surface area contributed by atoms with E-state index in [9.17, 15) is 4.79 Å². The molecule has 5 heteroatoms. The topological polar surface area (TPSA) is 45.2 Å². The largest absolute Gasteiger partial charge is 0.345 e. The zero-order valence-electron chi connectivity index (χ0n) is 17.7. The van der Waals surface area contributed by atoms with Crippen LogP contribution in [0.2, 0.25) is 13.1 Å². The Hall–Kier alpha value is -1.98. The molecule has 1 aromatic heterocycles. The van der Waals surface area contributed by atoms with E-state index in [-0.39, 0.29) is 11.9 Å². The molecule has 0 aliphatic carbocycles. The van der Waals surface area contributed by atoms with Crippen molar-refractivity contribution < 1.29 is 4.79 Å². The van der Waals surface area contributed by atoms with Crippen molar-refractivity contribution in [3.63, 3.8) is 0 Å². The number of amides is 1. The Bertz CT molecular complexity index is 767. The summed E-state index contributed by atoms with van der Waals surface area (Å²) in [5.74, 6) is 0.135. The Labute approximate surface area is 170 Å². The van der Waals surface area contributed by atoms with Crippen molar-refractivity contribution in [2.24, 2.45) is 0 Å². The summed E-state index contributed by atoms with van der Waals surface area (Å²) < 4.78 is 0.